The Bertz CT molecular complexity index is 1530. The molecule has 1 amide bonds. The number of piperidine rings is 1. The predicted octanol–water partition coefficient (Wildman–Crippen LogP) is 5.76. The van der Waals surface area contributed by atoms with Gasteiger partial charge in [-0.1, -0.05) is 32.3 Å². The van der Waals surface area contributed by atoms with Gasteiger partial charge in [0.2, 0.25) is 0 Å². The molecule has 250 valence electrons. The number of fused-ring (bicyclic) bond motifs is 1. The molecule has 5 rings (SSSR count). The molecule has 2 aliphatic rings. The van der Waals surface area contributed by atoms with E-state index in [4.69, 9.17) is 9.47 Å². The second-order valence-corrected chi connectivity index (χ2v) is 12.0. The van der Waals surface area contributed by atoms with Crippen LogP contribution in [0.15, 0.2) is 41.3 Å². The third-order valence-electron chi connectivity index (χ3n) is 7.23. The lowest BCUT2D eigenvalue weighted by Crippen LogP contribution is -2.46. The van der Waals surface area contributed by atoms with E-state index in [1.807, 2.05) is 11.9 Å². The van der Waals surface area contributed by atoms with Crippen LogP contribution in [0.5, 0.6) is 5.75 Å². The number of halogens is 4. The highest BCUT2D eigenvalue weighted by Crippen LogP contribution is 2.41. The third kappa shape index (κ3) is 9.20. The molecular formula is C32H40F4N6O3S. The van der Waals surface area contributed by atoms with Crippen LogP contribution in [0.3, 0.4) is 0 Å². The number of alkyl halides is 4. The van der Waals surface area contributed by atoms with Crippen LogP contribution in [-0.4, -0.2) is 103 Å². The maximum atomic E-state index is 14.7. The van der Waals surface area contributed by atoms with Gasteiger partial charge in [0.1, 0.15) is 23.4 Å². The summed E-state index contributed by atoms with van der Waals surface area (Å²) >= 11 is -0.283. The molecule has 3 aromatic rings. The quantitative estimate of drug-likeness (QED) is 0.188. The Morgan fingerprint density at radius 3 is 2.59 bits per heavy atom. The summed E-state index contributed by atoms with van der Waals surface area (Å²) in [6, 6.07) is 9.32. The van der Waals surface area contributed by atoms with Gasteiger partial charge in [-0.25, -0.2) is 8.91 Å². The van der Waals surface area contributed by atoms with Crippen molar-refractivity contribution in [1.29, 1.82) is 0 Å². The number of aromatic nitrogens is 2. The van der Waals surface area contributed by atoms with Crippen molar-refractivity contribution in [3.63, 3.8) is 0 Å². The number of amides is 1. The normalized spacial score (nSPS) is 18.7. The lowest BCUT2D eigenvalue weighted by molar-refractivity contribution is -0.0327. The Labute approximate surface area is 271 Å². The lowest BCUT2D eigenvalue weighted by atomic mass is 10.0. The number of benzene rings is 1. The predicted molar refractivity (Wildman–Crippen MR) is 173 cm³/mol. The fraction of sp³-hybridized carbons (Fsp3) is 0.500. The zero-order valence-electron chi connectivity index (χ0n) is 26.4. The molecule has 14 heteroatoms. The minimum Gasteiger partial charge on any atom is -0.495 e. The van der Waals surface area contributed by atoms with Crippen LogP contribution in [-0.2, 0) is 4.74 Å². The van der Waals surface area contributed by atoms with Gasteiger partial charge < -0.3 is 29.9 Å². The molecule has 9 nitrogen and oxygen atoms in total. The zero-order valence-corrected chi connectivity index (χ0v) is 27.2. The van der Waals surface area contributed by atoms with Gasteiger partial charge >= 0.3 is 5.51 Å². The fourth-order valence-corrected chi connectivity index (χ4v) is 5.73. The van der Waals surface area contributed by atoms with E-state index >= 15 is 0 Å². The molecule has 2 unspecified atom stereocenters. The van der Waals surface area contributed by atoms with E-state index in [1.165, 1.54) is 24.1 Å². The summed E-state index contributed by atoms with van der Waals surface area (Å²) in [4.78, 5) is 16.3. The van der Waals surface area contributed by atoms with Crippen LogP contribution >= 0.6 is 11.8 Å². The van der Waals surface area contributed by atoms with Crippen LogP contribution < -0.4 is 15.4 Å². The first-order valence-electron chi connectivity index (χ1n) is 15.2. The van der Waals surface area contributed by atoms with E-state index in [-0.39, 0.29) is 46.9 Å². The Hall–Kier alpha value is -3.67. The number of hydrogen-bond acceptors (Lipinski definition) is 8. The van der Waals surface area contributed by atoms with Gasteiger partial charge in [0, 0.05) is 31.7 Å². The molecule has 4 heterocycles. The van der Waals surface area contributed by atoms with Gasteiger partial charge in [-0.15, -0.1) is 0 Å². The molecule has 46 heavy (non-hydrogen) atoms. The number of nitrogens with one attached hydrogen (secondary N) is 2. The Morgan fingerprint density at radius 1 is 1.17 bits per heavy atom. The summed E-state index contributed by atoms with van der Waals surface area (Å²) in [5.74, 6) is 6.30. The van der Waals surface area contributed by atoms with Crippen molar-refractivity contribution < 1.29 is 31.8 Å². The number of thioether (sulfide) groups is 1. The molecule has 2 saturated heterocycles. The van der Waals surface area contributed by atoms with E-state index in [1.54, 1.807) is 35.2 Å². The molecule has 2 N–H and O–H groups in total. The molecule has 2 aromatic heterocycles. The monoisotopic (exact) mass is 664 g/mol. The molecule has 1 aromatic carbocycles. The van der Waals surface area contributed by atoms with Crippen LogP contribution in [0.25, 0.3) is 5.52 Å². The summed E-state index contributed by atoms with van der Waals surface area (Å²) in [5.41, 5.74) is -3.35. The first-order chi connectivity index (χ1) is 22.0. The number of pyridine rings is 1. The number of anilines is 2. The number of nitrogens with zero attached hydrogens (tertiary/aromatic N) is 4. The Kier molecular flexibility index (Phi) is 12.4. The highest BCUT2D eigenvalue weighted by Gasteiger charge is 2.33. The summed E-state index contributed by atoms with van der Waals surface area (Å²) in [6.45, 7) is 7.30. The number of methoxy groups -OCH3 is 1. The van der Waals surface area contributed by atoms with E-state index in [9.17, 15) is 22.4 Å². The van der Waals surface area contributed by atoms with Gasteiger partial charge in [-0.05, 0) is 61.5 Å². The first-order valence-corrected chi connectivity index (χ1v) is 16.0. The van der Waals surface area contributed by atoms with Gasteiger partial charge in [0.05, 0.1) is 49.0 Å². The first kappa shape index (κ1) is 35.2. The van der Waals surface area contributed by atoms with Gasteiger partial charge in [-0.2, -0.15) is 18.3 Å². The molecule has 0 saturated carbocycles. The van der Waals surface area contributed by atoms with Gasteiger partial charge in [0.15, 0.2) is 0 Å². The largest absolute Gasteiger partial charge is 0.495 e. The molecule has 0 spiro atoms. The molecule has 0 aliphatic carbocycles. The maximum Gasteiger partial charge on any atom is 0.446 e. The average Bonchev–Trinajstić information content (AvgIpc) is 3.37. The Morgan fingerprint density at radius 2 is 1.91 bits per heavy atom. The number of rotatable bonds is 7. The maximum absolute atomic E-state index is 14.7. The molecule has 2 aliphatic heterocycles. The summed E-state index contributed by atoms with van der Waals surface area (Å²) < 4.78 is 67.4. The van der Waals surface area contributed by atoms with E-state index in [0.29, 0.717) is 62.1 Å². The molecule has 2 fully saturated rings. The van der Waals surface area contributed by atoms with Crippen molar-refractivity contribution in [2.24, 2.45) is 0 Å². The zero-order chi connectivity index (χ0) is 33.3. The van der Waals surface area contributed by atoms with Crippen molar-refractivity contribution in [3.8, 4) is 17.6 Å². The van der Waals surface area contributed by atoms with Crippen molar-refractivity contribution in [1.82, 2.24) is 19.4 Å². The number of ether oxygens (including phenoxy) is 2. The molecule has 2 atom stereocenters. The third-order valence-corrected chi connectivity index (χ3v) is 8.07. The van der Waals surface area contributed by atoms with Gasteiger partial charge in [-0.3, -0.25) is 4.79 Å². The second kappa shape index (κ2) is 16.2. The number of carbonyl (C=O) groups excluding carboxylic acids is 1. The van der Waals surface area contributed by atoms with Gasteiger partial charge in [0.25, 0.3) is 5.91 Å². The van der Waals surface area contributed by atoms with E-state index in [0.717, 1.165) is 0 Å². The SMILES string of the molecule is CCC.COc1cc(C(=O)N2CCOCC2)ccc1NCC#Cc1nn2c(NC3CCN(C)CC3F)cccc2c1SC(F)(F)F. The van der Waals surface area contributed by atoms with Crippen LogP contribution in [0.2, 0.25) is 0 Å². The number of likely N-dealkylation sites (tertiary alicyclic amines) is 1. The number of carbonyl (C=O) groups is 1. The standard InChI is InChI=1S/C29H32F4N6O3S.C3H8/c1-37-12-10-21(20(30)18-37)35-26-7-3-6-24-27(43-29(31,32)33)23(36-39(24)26)5-4-11-34-22-9-8-19(17-25(22)41-2)28(40)38-13-15-42-16-14-38;1-3-2/h3,6-9,17,20-21,34-35H,10-16,18H2,1-2H3;3H2,1-2H3. The highest BCUT2D eigenvalue weighted by atomic mass is 32.2. The van der Waals surface area contributed by atoms with Crippen LogP contribution in [0.4, 0.5) is 29.1 Å². The Balaban J connectivity index is 0.00000154. The van der Waals surface area contributed by atoms with E-state index < -0.39 is 17.7 Å². The molecule has 0 radical (unpaired) electrons. The van der Waals surface area contributed by atoms with Crippen molar-refractivity contribution in [3.05, 3.63) is 47.7 Å². The minimum absolute atomic E-state index is 0.0445. The summed E-state index contributed by atoms with van der Waals surface area (Å²) in [6.07, 6.45) is 0.659. The van der Waals surface area contributed by atoms with Crippen LogP contribution in [0.1, 0.15) is 42.7 Å². The minimum atomic E-state index is -4.56. The lowest BCUT2D eigenvalue weighted by Gasteiger charge is -2.33. The topological polar surface area (TPSA) is 83.4 Å². The van der Waals surface area contributed by atoms with E-state index in [2.05, 4.69) is 41.4 Å². The molecular weight excluding hydrogens is 624 g/mol. The van der Waals surface area contributed by atoms with Crippen LogP contribution in [0, 0.1) is 11.8 Å². The summed E-state index contributed by atoms with van der Waals surface area (Å²) in [5, 5.41) is 10.6. The fourth-order valence-electron chi connectivity index (χ4n) is 5.05. The number of morpholine rings is 1. The second-order valence-electron chi connectivity index (χ2n) is 10.9. The highest BCUT2D eigenvalue weighted by molar-refractivity contribution is 8.00. The summed E-state index contributed by atoms with van der Waals surface area (Å²) in [7, 11) is 3.32. The average molecular weight is 665 g/mol. The van der Waals surface area contributed by atoms with Crippen molar-refractivity contribution in [2.45, 2.75) is 49.3 Å². The number of hydrogen-bond donors (Lipinski definition) is 2. The van der Waals surface area contributed by atoms with Crippen molar-refractivity contribution in [2.75, 3.05) is 70.7 Å². The molecule has 0 bridgehead atoms. The smallest absolute Gasteiger partial charge is 0.446 e. The van der Waals surface area contributed by atoms with Crippen molar-refractivity contribution >= 4 is 34.7 Å².